The van der Waals surface area contributed by atoms with Gasteiger partial charge >= 0.3 is 0 Å². The molecule has 1 fully saturated rings. The first kappa shape index (κ1) is 19.1. The van der Waals surface area contributed by atoms with Crippen molar-refractivity contribution >= 4 is 25.8 Å². The van der Waals surface area contributed by atoms with Crippen molar-refractivity contribution in [3.05, 3.63) is 64.1 Å². The fourth-order valence-corrected chi connectivity index (χ4v) is 7.60. The van der Waals surface area contributed by atoms with Crippen LogP contribution in [0.2, 0.25) is 0 Å². The van der Waals surface area contributed by atoms with E-state index in [1.54, 1.807) is 6.07 Å². The van der Waals surface area contributed by atoms with Gasteiger partial charge < -0.3 is 5.32 Å². The van der Waals surface area contributed by atoms with Gasteiger partial charge in [-0.3, -0.25) is 4.90 Å². The number of benzene rings is 2. The summed E-state index contributed by atoms with van der Waals surface area (Å²) >= 11 is 3.46. The Hall–Kier alpha value is -1.21. The summed E-state index contributed by atoms with van der Waals surface area (Å²) in [5, 5.41) is 2.89. The summed E-state index contributed by atoms with van der Waals surface area (Å²) in [6, 6.07) is 15.6. The lowest BCUT2D eigenvalue weighted by Gasteiger charge is -2.40. The zero-order valence-corrected chi connectivity index (χ0v) is 17.7. The van der Waals surface area contributed by atoms with Gasteiger partial charge in [0.2, 0.25) is 0 Å². The molecule has 2 aromatic carbocycles. The summed E-state index contributed by atoms with van der Waals surface area (Å²) in [7, 11) is -3.48. The third kappa shape index (κ3) is 3.86. The van der Waals surface area contributed by atoms with E-state index in [1.165, 1.54) is 11.1 Å². The van der Waals surface area contributed by atoms with Crippen LogP contribution >= 0.6 is 15.9 Å². The first-order valence-corrected chi connectivity index (χ1v) is 11.9. The van der Waals surface area contributed by atoms with Gasteiger partial charge in [0.25, 0.3) is 0 Å². The lowest BCUT2D eigenvalue weighted by molar-refractivity contribution is 0.159. The Bertz CT molecular complexity index is 910. The van der Waals surface area contributed by atoms with Gasteiger partial charge in [-0.2, -0.15) is 0 Å². The van der Waals surface area contributed by atoms with Gasteiger partial charge in [-0.1, -0.05) is 36.4 Å². The van der Waals surface area contributed by atoms with Crippen molar-refractivity contribution in [1.29, 1.82) is 0 Å². The second-order valence-corrected chi connectivity index (χ2v) is 10.3. The van der Waals surface area contributed by atoms with Crippen LogP contribution in [-0.4, -0.2) is 38.3 Å². The highest BCUT2D eigenvalue weighted by Crippen LogP contribution is 2.35. The standard InChI is InChI=1S/C21H25BrN2O2S/c22-19-7-3-4-8-20(19)27(25,26)21(17-9-12-23-13-10-17)24-14-11-16-5-1-2-6-18(16)15-24/h1-8,17,21,23H,9-15H2. The van der Waals surface area contributed by atoms with Crippen LogP contribution < -0.4 is 5.32 Å². The van der Waals surface area contributed by atoms with Crippen molar-refractivity contribution in [1.82, 2.24) is 10.2 Å². The van der Waals surface area contributed by atoms with Gasteiger partial charge in [-0.25, -0.2) is 8.42 Å². The predicted octanol–water partition coefficient (Wildman–Crippen LogP) is 3.61. The van der Waals surface area contributed by atoms with Gasteiger partial charge in [0, 0.05) is 17.6 Å². The third-order valence-electron chi connectivity index (χ3n) is 5.77. The quantitative estimate of drug-likeness (QED) is 0.775. The van der Waals surface area contributed by atoms with E-state index in [4.69, 9.17) is 0 Å². The molecular weight excluding hydrogens is 424 g/mol. The van der Waals surface area contributed by atoms with E-state index < -0.39 is 15.2 Å². The highest BCUT2D eigenvalue weighted by atomic mass is 79.9. The normalized spacial score (nSPS) is 20.2. The molecule has 2 aliphatic heterocycles. The minimum Gasteiger partial charge on any atom is -0.317 e. The Morgan fingerprint density at radius 2 is 1.67 bits per heavy atom. The number of sulfone groups is 1. The van der Waals surface area contributed by atoms with Crippen LogP contribution in [-0.2, 0) is 22.8 Å². The van der Waals surface area contributed by atoms with Crippen molar-refractivity contribution in [2.75, 3.05) is 19.6 Å². The fourth-order valence-electron chi connectivity index (χ4n) is 4.42. The Kier molecular flexibility index (Phi) is 5.69. The van der Waals surface area contributed by atoms with Crippen LogP contribution in [0.1, 0.15) is 24.0 Å². The number of fused-ring (bicyclic) bond motifs is 1. The van der Waals surface area contributed by atoms with Crippen molar-refractivity contribution in [2.45, 2.75) is 36.1 Å². The zero-order valence-electron chi connectivity index (χ0n) is 15.3. The van der Waals surface area contributed by atoms with E-state index in [9.17, 15) is 8.42 Å². The number of nitrogens with zero attached hydrogens (tertiary/aromatic N) is 1. The molecule has 2 aliphatic rings. The molecule has 2 heterocycles. The Morgan fingerprint density at radius 3 is 2.41 bits per heavy atom. The Labute approximate surface area is 170 Å². The van der Waals surface area contributed by atoms with E-state index in [0.717, 1.165) is 38.9 Å². The van der Waals surface area contributed by atoms with Gasteiger partial charge in [0.1, 0.15) is 5.37 Å². The van der Waals surface area contributed by atoms with E-state index in [2.05, 4.69) is 44.3 Å². The minimum absolute atomic E-state index is 0.147. The Morgan fingerprint density at radius 1 is 1.00 bits per heavy atom. The summed E-state index contributed by atoms with van der Waals surface area (Å²) < 4.78 is 28.2. The van der Waals surface area contributed by atoms with Crippen molar-refractivity contribution in [2.24, 2.45) is 5.92 Å². The summed E-state index contributed by atoms with van der Waals surface area (Å²) in [6.07, 6.45) is 2.70. The predicted molar refractivity (Wildman–Crippen MR) is 111 cm³/mol. The molecule has 6 heteroatoms. The first-order chi connectivity index (χ1) is 13.1. The maximum absolute atomic E-state index is 13.8. The number of nitrogens with one attached hydrogen (secondary N) is 1. The molecule has 0 saturated carbocycles. The summed E-state index contributed by atoms with van der Waals surface area (Å²) in [6.45, 7) is 3.26. The monoisotopic (exact) mass is 448 g/mol. The van der Waals surface area contributed by atoms with Gasteiger partial charge in [0.15, 0.2) is 9.84 Å². The number of rotatable bonds is 4. The molecule has 1 saturated heterocycles. The third-order valence-corrected chi connectivity index (χ3v) is 9.01. The molecule has 27 heavy (non-hydrogen) atoms. The maximum atomic E-state index is 13.8. The zero-order chi connectivity index (χ0) is 18.9. The SMILES string of the molecule is O=S(=O)(c1ccccc1Br)C(C1CCNCC1)N1CCc2ccccc2C1. The molecule has 0 bridgehead atoms. The lowest BCUT2D eigenvalue weighted by atomic mass is 9.94. The molecule has 144 valence electrons. The molecule has 0 aromatic heterocycles. The molecule has 1 atom stereocenters. The number of piperidine rings is 1. The summed E-state index contributed by atoms with van der Waals surface area (Å²) in [5.74, 6) is 0.147. The highest BCUT2D eigenvalue weighted by Gasteiger charge is 2.41. The van der Waals surface area contributed by atoms with E-state index in [0.29, 0.717) is 15.9 Å². The van der Waals surface area contributed by atoms with Gasteiger partial charge in [-0.05, 0) is 77.5 Å². The summed E-state index contributed by atoms with van der Waals surface area (Å²) in [4.78, 5) is 2.61. The van der Waals surface area contributed by atoms with E-state index in [-0.39, 0.29) is 5.92 Å². The van der Waals surface area contributed by atoms with E-state index >= 15 is 0 Å². The van der Waals surface area contributed by atoms with Crippen LogP contribution in [0.3, 0.4) is 0 Å². The van der Waals surface area contributed by atoms with Gasteiger partial charge in [-0.15, -0.1) is 0 Å². The van der Waals surface area contributed by atoms with Gasteiger partial charge in [0.05, 0.1) is 4.90 Å². The second kappa shape index (κ2) is 8.03. The number of hydrogen-bond donors (Lipinski definition) is 1. The van der Waals surface area contributed by atoms with Crippen molar-refractivity contribution in [3.8, 4) is 0 Å². The van der Waals surface area contributed by atoms with Crippen molar-refractivity contribution in [3.63, 3.8) is 0 Å². The second-order valence-electron chi connectivity index (χ2n) is 7.44. The van der Waals surface area contributed by atoms with Crippen LogP contribution in [0.15, 0.2) is 57.9 Å². The molecular formula is C21H25BrN2O2S. The fraction of sp³-hybridized carbons (Fsp3) is 0.429. The van der Waals surface area contributed by atoms with Crippen molar-refractivity contribution < 1.29 is 8.42 Å². The van der Waals surface area contributed by atoms with Crippen LogP contribution in [0.4, 0.5) is 0 Å². The van der Waals surface area contributed by atoms with E-state index in [1.807, 2.05) is 24.3 Å². The average molecular weight is 449 g/mol. The Balaban J connectivity index is 1.73. The first-order valence-electron chi connectivity index (χ1n) is 9.57. The highest BCUT2D eigenvalue weighted by molar-refractivity contribution is 9.10. The summed E-state index contributed by atoms with van der Waals surface area (Å²) in [5.41, 5.74) is 2.60. The molecule has 0 spiro atoms. The molecule has 4 rings (SSSR count). The molecule has 0 aliphatic carbocycles. The number of halogens is 1. The number of hydrogen-bond acceptors (Lipinski definition) is 4. The largest absolute Gasteiger partial charge is 0.317 e. The van der Waals surface area contributed by atoms with Crippen LogP contribution in [0, 0.1) is 5.92 Å². The van der Waals surface area contributed by atoms with Crippen LogP contribution in [0.25, 0.3) is 0 Å². The molecule has 1 unspecified atom stereocenters. The molecule has 2 aromatic rings. The molecule has 1 N–H and O–H groups in total. The topological polar surface area (TPSA) is 49.4 Å². The lowest BCUT2D eigenvalue weighted by Crippen LogP contribution is -2.50. The smallest absolute Gasteiger partial charge is 0.195 e. The molecule has 0 radical (unpaired) electrons. The molecule has 0 amide bonds. The average Bonchev–Trinajstić information content (AvgIpc) is 2.69. The minimum atomic E-state index is -3.48. The maximum Gasteiger partial charge on any atom is 0.195 e. The molecule has 4 nitrogen and oxygen atoms in total. The van der Waals surface area contributed by atoms with Crippen LogP contribution in [0.5, 0.6) is 0 Å².